The molecule has 88 valence electrons. The third kappa shape index (κ3) is 4.05. The molecule has 0 unspecified atom stereocenters. The molecule has 16 heavy (non-hydrogen) atoms. The number of rotatable bonds is 5. The molecule has 0 aliphatic carbocycles. The normalized spacial score (nSPS) is 10.5. The standard InChI is InChI=1S/C14H21NO/c1-4-5-9-14(16)15-13-8-6-7-12(10-13)11(2)3/h6-8,10-11H,4-5,9H2,1-3H3,(H,15,16). The van der Waals surface area contributed by atoms with Crippen LogP contribution < -0.4 is 5.32 Å². The van der Waals surface area contributed by atoms with Crippen molar-refractivity contribution in [1.29, 1.82) is 0 Å². The van der Waals surface area contributed by atoms with Gasteiger partial charge in [0.05, 0.1) is 0 Å². The van der Waals surface area contributed by atoms with Crippen molar-refractivity contribution in [1.82, 2.24) is 0 Å². The maximum Gasteiger partial charge on any atom is 0.224 e. The van der Waals surface area contributed by atoms with Crippen LogP contribution in [0.15, 0.2) is 24.3 Å². The number of benzene rings is 1. The van der Waals surface area contributed by atoms with E-state index in [0.29, 0.717) is 12.3 Å². The predicted molar refractivity (Wildman–Crippen MR) is 68.7 cm³/mol. The quantitative estimate of drug-likeness (QED) is 0.798. The Bertz CT molecular complexity index is 344. The van der Waals surface area contributed by atoms with E-state index in [2.05, 4.69) is 38.2 Å². The molecule has 1 amide bonds. The Morgan fingerprint density at radius 1 is 1.38 bits per heavy atom. The van der Waals surface area contributed by atoms with Gasteiger partial charge in [-0.1, -0.05) is 39.3 Å². The van der Waals surface area contributed by atoms with Gasteiger partial charge in [0.25, 0.3) is 0 Å². The van der Waals surface area contributed by atoms with Crippen LogP contribution in [0.25, 0.3) is 0 Å². The van der Waals surface area contributed by atoms with E-state index in [1.807, 2.05) is 12.1 Å². The van der Waals surface area contributed by atoms with E-state index < -0.39 is 0 Å². The Balaban J connectivity index is 2.59. The van der Waals surface area contributed by atoms with Crippen LogP contribution in [0.4, 0.5) is 5.69 Å². The molecule has 0 saturated carbocycles. The Morgan fingerprint density at radius 3 is 2.75 bits per heavy atom. The maximum absolute atomic E-state index is 11.5. The second kappa shape index (κ2) is 6.31. The van der Waals surface area contributed by atoms with Gasteiger partial charge in [0.2, 0.25) is 5.91 Å². The molecular formula is C14H21NO. The molecule has 1 N–H and O–H groups in total. The van der Waals surface area contributed by atoms with Crippen molar-refractivity contribution >= 4 is 11.6 Å². The van der Waals surface area contributed by atoms with Crippen LogP contribution in [0, 0.1) is 0 Å². The number of carbonyl (C=O) groups excluding carboxylic acids is 1. The third-order valence-corrected chi connectivity index (χ3v) is 2.59. The number of hydrogen-bond donors (Lipinski definition) is 1. The van der Waals surface area contributed by atoms with Crippen molar-refractivity contribution in [3.05, 3.63) is 29.8 Å². The summed E-state index contributed by atoms with van der Waals surface area (Å²) in [4.78, 5) is 11.5. The van der Waals surface area contributed by atoms with Gasteiger partial charge in [-0.25, -0.2) is 0 Å². The molecule has 0 bridgehead atoms. The fourth-order valence-electron chi connectivity index (χ4n) is 1.54. The molecule has 0 spiro atoms. The van der Waals surface area contributed by atoms with Crippen molar-refractivity contribution in [2.45, 2.75) is 46.0 Å². The second-order valence-electron chi connectivity index (χ2n) is 4.43. The highest BCUT2D eigenvalue weighted by Gasteiger charge is 2.03. The van der Waals surface area contributed by atoms with Gasteiger partial charge in [0, 0.05) is 12.1 Å². The monoisotopic (exact) mass is 219 g/mol. The molecule has 1 aromatic rings. The SMILES string of the molecule is CCCCC(=O)Nc1cccc(C(C)C)c1. The number of hydrogen-bond acceptors (Lipinski definition) is 1. The highest BCUT2D eigenvalue weighted by molar-refractivity contribution is 5.90. The second-order valence-corrected chi connectivity index (χ2v) is 4.43. The van der Waals surface area contributed by atoms with Crippen molar-refractivity contribution in [2.24, 2.45) is 0 Å². The van der Waals surface area contributed by atoms with Crippen molar-refractivity contribution in [2.75, 3.05) is 5.32 Å². The minimum Gasteiger partial charge on any atom is -0.326 e. The predicted octanol–water partition coefficient (Wildman–Crippen LogP) is 3.94. The van der Waals surface area contributed by atoms with E-state index in [1.165, 1.54) is 5.56 Å². The third-order valence-electron chi connectivity index (χ3n) is 2.59. The molecule has 0 saturated heterocycles. The first-order valence-electron chi connectivity index (χ1n) is 6.03. The Hall–Kier alpha value is -1.31. The zero-order chi connectivity index (χ0) is 12.0. The first-order valence-corrected chi connectivity index (χ1v) is 6.03. The molecule has 2 nitrogen and oxygen atoms in total. The van der Waals surface area contributed by atoms with E-state index in [0.717, 1.165) is 18.5 Å². The average molecular weight is 219 g/mol. The van der Waals surface area contributed by atoms with Crippen LogP contribution in [0.3, 0.4) is 0 Å². The van der Waals surface area contributed by atoms with Gasteiger partial charge in [-0.15, -0.1) is 0 Å². The lowest BCUT2D eigenvalue weighted by Crippen LogP contribution is -2.11. The molecule has 0 heterocycles. The van der Waals surface area contributed by atoms with Crippen molar-refractivity contribution in [3.63, 3.8) is 0 Å². The van der Waals surface area contributed by atoms with Gasteiger partial charge in [-0.05, 0) is 30.0 Å². The first-order chi connectivity index (χ1) is 7.63. The van der Waals surface area contributed by atoms with Crippen LogP contribution in [0.1, 0.15) is 51.5 Å². The van der Waals surface area contributed by atoms with Gasteiger partial charge in [0.15, 0.2) is 0 Å². The molecule has 2 heteroatoms. The molecule has 0 aromatic heterocycles. The van der Waals surface area contributed by atoms with Gasteiger partial charge in [-0.2, -0.15) is 0 Å². The molecule has 1 aromatic carbocycles. The zero-order valence-electron chi connectivity index (χ0n) is 10.4. The number of amides is 1. The van der Waals surface area contributed by atoms with Crippen molar-refractivity contribution in [3.8, 4) is 0 Å². The average Bonchev–Trinajstić information content (AvgIpc) is 2.26. The van der Waals surface area contributed by atoms with Crippen LogP contribution in [-0.4, -0.2) is 5.91 Å². The lowest BCUT2D eigenvalue weighted by Gasteiger charge is -2.09. The van der Waals surface area contributed by atoms with Crippen LogP contribution >= 0.6 is 0 Å². The van der Waals surface area contributed by atoms with E-state index in [1.54, 1.807) is 0 Å². The minimum absolute atomic E-state index is 0.114. The molecule has 0 aliphatic rings. The summed E-state index contributed by atoms with van der Waals surface area (Å²) < 4.78 is 0. The fourth-order valence-corrected chi connectivity index (χ4v) is 1.54. The summed E-state index contributed by atoms with van der Waals surface area (Å²) in [5.74, 6) is 0.607. The molecule has 0 radical (unpaired) electrons. The fraction of sp³-hybridized carbons (Fsp3) is 0.500. The van der Waals surface area contributed by atoms with E-state index >= 15 is 0 Å². The van der Waals surface area contributed by atoms with E-state index in [-0.39, 0.29) is 5.91 Å². The molecular weight excluding hydrogens is 198 g/mol. The summed E-state index contributed by atoms with van der Waals surface area (Å²) in [6, 6.07) is 8.07. The van der Waals surface area contributed by atoms with Crippen LogP contribution in [-0.2, 0) is 4.79 Å². The lowest BCUT2D eigenvalue weighted by atomic mass is 10.0. The number of anilines is 1. The summed E-state index contributed by atoms with van der Waals surface area (Å²) >= 11 is 0. The Kier molecular flexibility index (Phi) is 5.03. The highest BCUT2D eigenvalue weighted by atomic mass is 16.1. The lowest BCUT2D eigenvalue weighted by molar-refractivity contribution is -0.116. The minimum atomic E-state index is 0.114. The smallest absolute Gasteiger partial charge is 0.224 e. The summed E-state index contributed by atoms with van der Waals surface area (Å²) in [5.41, 5.74) is 2.17. The van der Waals surface area contributed by atoms with E-state index in [4.69, 9.17) is 0 Å². The topological polar surface area (TPSA) is 29.1 Å². The summed E-state index contributed by atoms with van der Waals surface area (Å²) in [6.45, 7) is 6.39. The van der Waals surface area contributed by atoms with Gasteiger partial charge in [-0.3, -0.25) is 4.79 Å². The summed E-state index contributed by atoms with van der Waals surface area (Å²) in [6.07, 6.45) is 2.62. The van der Waals surface area contributed by atoms with Gasteiger partial charge < -0.3 is 5.32 Å². The highest BCUT2D eigenvalue weighted by Crippen LogP contribution is 2.18. The van der Waals surface area contributed by atoms with Crippen LogP contribution in [0.2, 0.25) is 0 Å². The molecule has 0 atom stereocenters. The van der Waals surface area contributed by atoms with Gasteiger partial charge in [0.1, 0.15) is 0 Å². The Morgan fingerprint density at radius 2 is 2.12 bits per heavy atom. The number of nitrogens with one attached hydrogen (secondary N) is 1. The van der Waals surface area contributed by atoms with E-state index in [9.17, 15) is 4.79 Å². The molecule has 0 aliphatic heterocycles. The number of carbonyl (C=O) groups is 1. The first kappa shape index (κ1) is 12.8. The molecule has 1 rings (SSSR count). The van der Waals surface area contributed by atoms with Gasteiger partial charge >= 0.3 is 0 Å². The van der Waals surface area contributed by atoms with Crippen molar-refractivity contribution < 1.29 is 4.79 Å². The Labute approximate surface area is 98.1 Å². The maximum atomic E-state index is 11.5. The molecule has 0 fully saturated rings. The summed E-state index contributed by atoms with van der Waals surface area (Å²) in [5, 5.41) is 2.93. The number of unbranched alkanes of at least 4 members (excludes halogenated alkanes) is 1. The van der Waals surface area contributed by atoms with Crippen LogP contribution in [0.5, 0.6) is 0 Å². The zero-order valence-corrected chi connectivity index (χ0v) is 10.4. The summed E-state index contributed by atoms with van der Waals surface area (Å²) in [7, 11) is 0. The largest absolute Gasteiger partial charge is 0.326 e.